The summed E-state index contributed by atoms with van der Waals surface area (Å²) in [7, 11) is 1.21. The van der Waals surface area contributed by atoms with E-state index in [9.17, 15) is 14.4 Å². The summed E-state index contributed by atoms with van der Waals surface area (Å²) in [4.78, 5) is 33.6. The number of methoxy groups -OCH3 is 1. The molecule has 0 radical (unpaired) electrons. The summed E-state index contributed by atoms with van der Waals surface area (Å²) >= 11 is 0.856. The van der Waals surface area contributed by atoms with E-state index in [1.165, 1.54) is 13.3 Å². The van der Waals surface area contributed by atoms with E-state index in [0.717, 1.165) is 11.5 Å². The Kier molecular flexibility index (Phi) is 5.18. The van der Waals surface area contributed by atoms with Gasteiger partial charge in [0.05, 0.1) is 13.3 Å². The highest BCUT2D eigenvalue weighted by molar-refractivity contribution is 7.07. The van der Waals surface area contributed by atoms with E-state index in [1.54, 1.807) is 0 Å². The first kappa shape index (κ1) is 14.0. The molecule has 9 heteroatoms. The molecule has 8 nitrogen and oxygen atoms in total. The Balaban J connectivity index is 2.55. The van der Waals surface area contributed by atoms with Crippen LogP contribution in [0.4, 0.5) is 0 Å². The minimum absolute atomic E-state index is 0.0417. The molecule has 1 aromatic heterocycles. The lowest BCUT2D eigenvalue weighted by Gasteiger charge is -2.12. The van der Waals surface area contributed by atoms with E-state index < -0.39 is 23.9 Å². The van der Waals surface area contributed by atoms with Crippen molar-refractivity contribution in [2.75, 3.05) is 7.11 Å². The van der Waals surface area contributed by atoms with Gasteiger partial charge in [-0.15, -0.1) is 5.10 Å². The van der Waals surface area contributed by atoms with Crippen LogP contribution >= 0.6 is 11.5 Å². The average Bonchev–Trinajstić information content (AvgIpc) is 2.87. The zero-order chi connectivity index (χ0) is 13.5. The summed E-state index contributed by atoms with van der Waals surface area (Å²) < 4.78 is 7.89. The van der Waals surface area contributed by atoms with Crippen LogP contribution in [0.25, 0.3) is 0 Å². The summed E-state index contributed by atoms with van der Waals surface area (Å²) in [5.74, 6) is -2.33. The monoisotopic (exact) mass is 273 g/mol. The molecule has 0 aliphatic rings. The Hall–Kier alpha value is -2.03. The van der Waals surface area contributed by atoms with Crippen molar-refractivity contribution in [1.29, 1.82) is 0 Å². The number of carboxylic acids is 1. The number of hydrogen-bond acceptors (Lipinski definition) is 7. The number of rotatable bonds is 6. The Morgan fingerprint density at radius 1 is 1.56 bits per heavy atom. The van der Waals surface area contributed by atoms with Gasteiger partial charge >= 0.3 is 11.9 Å². The number of nitrogens with one attached hydrogen (secondary N) is 1. The maximum atomic E-state index is 11.6. The molecule has 0 spiro atoms. The van der Waals surface area contributed by atoms with Crippen molar-refractivity contribution >= 4 is 29.4 Å². The molecule has 0 aliphatic heterocycles. The summed E-state index contributed by atoms with van der Waals surface area (Å²) in [6.07, 6.45) is 1.11. The molecule has 1 atom stereocenters. The first-order chi connectivity index (χ1) is 8.54. The topological polar surface area (TPSA) is 118 Å². The van der Waals surface area contributed by atoms with Crippen LogP contribution in [-0.4, -0.2) is 45.7 Å². The first-order valence-corrected chi connectivity index (χ1v) is 5.69. The lowest BCUT2D eigenvalue weighted by molar-refractivity contribution is -0.142. The molecule has 1 amide bonds. The molecule has 0 fully saturated rings. The zero-order valence-electron chi connectivity index (χ0n) is 9.45. The maximum absolute atomic E-state index is 11.6. The van der Waals surface area contributed by atoms with Crippen molar-refractivity contribution in [3.05, 3.63) is 11.1 Å². The fourth-order valence-corrected chi connectivity index (χ4v) is 1.54. The third-order valence-electron chi connectivity index (χ3n) is 2.05. The average molecular weight is 273 g/mol. The van der Waals surface area contributed by atoms with Crippen molar-refractivity contribution in [1.82, 2.24) is 14.9 Å². The van der Waals surface area contributed by atoms with Gasteiger partial charge in [-0.2, -0.15) is 0 Å². The fourth-order valence-electron chi connectivity index (χ4n) is 1.12. The lowest BCUT2D eigenvalue weighted by atomic mass is 10.1. The second kappa shape index (κ2) is 6.64. The van der Waals surface area contributed by atoms with Crippen LogP contribution in [0.3, 0.4) is 0 Å². The smallest absolute Gasteiger partial charge is 0.326 e. The molecule has 18 heavy (non-hydrogen) atoms. The molecular weight excluding hydrogens is 262 g/mol. The molecule has 0 unspecified atom stereocenters. The number of carbonyl (C=O) groups is 3. The quantitative estimate of drug-likeness (QED) is 0.681. The third-order valence-corrected chi connectivity index (χ3v) is 2.72. The number of amides is 1. The van der Waals surface area contributed by atoms with Gasteiger partial charge in [-0.3, -0.25) is 9.59 Å². The Bertz CT molecular complexity index is 433. The number of carboxylic acid groups (broad SMARTS) is 1. The number of ether oxygens (including phenoxy) is 1. The van der Waals surface area contributed by atoms with Gasteiger partial charge in [0.2, 0.25) is 0 Å². The standard InChI is InChI=1S/C9H11N3O5S/c1-17-7(13)3-2-5(9(15)16)11-8(14)6-4-10-12-18-6/h4-5H,2-3H2,1H3,(H,11,14)(H,15,16)/t5-/m1/s1. The van der Waals surface area contributed by atoms with Gasteiger partial charge in [0.25, 0.3) is 5.91 Å². The number of aliphatic carboxylic acids is 1. The second-order valence-electron chi connectivity index (χ2n) is 3.26. The van der Waals surface area contributed by atoms with E-state index in [1.807, 2.05) is 0 Å². The van der Waals surface area contributed by atoms with Crippen LogP contribution in [0, 0.1) is 0 Å². The number of hydrogen-bond donors (Lipinski definition) is 2. The van der Waals surface area contributed by atoms with E-state index in [-0.39, 0.29) is 17.7 Å². The van der Waals surface area contributed by atoms with E-state index >= 15 is 0 Å². The molecule has 0 aliphatic carbocycles. The summed E-state index contributed by atoms with van der Waals surface area (Å²) in [6.45, 7) is 0. The molecule has 0 aromatic carbocycles. The van der Waals surface area contributed by atoms with Gasteiger partial charge in [0.1, 0.15) is 10.9 Å². The van der Waals surface area contributed by atoms with Crippen LogP contribution < -0.4 is 5.32 Å². The van der Waals surface area contributed by atoms with Crippen LogP contribution in [0.15, 0.2) is 6.20 Å². The first-order valence-electron chi connectivity index (χ1n) is 4.92. The Labute approximate surface area is 106 Å². The number of carbonyl (C=O) groups excluding carboxylic acids is 2. The zero-order valence-corrected chi connectivity index (χ0v) is 10.3. The molecule has 0 saturated heterocycles. The van der Waals surface area contributed by atoms with Crippen LogP contribution in [0.1, 0.15) is 22.5 Å². The molecular formula is C9H11N3O5S. The summed E-state index contributed by atoms with van der Waals surface area (Å²) in [6, 6.07) is -1.15. The van der Waals surface area contributed by atoms with Gasteiger partial charge in [-0.1, -0.05) is 4.49 Å². The highest BCUT2D eigenvalue weighted by atomic mass is 32.1. The number of aromatic nitrogens is 2. The molecule has 2 N–H and O–H groups in total. The van der Waals surface area contributed by atoms with Gasteiger partial charge in [-0.05, 0) is 18.0 Å². The fraction of sp³-hybridized carbons (Fsp3) is 0.444. The highest BCUT2D eigenvalue weighted by Gasteiger charge is 2.22. The van der Waals surface area contributed by atoms with Crippen molar-refractivity contribution < 1.29 is 24.2 Å². The van der Waals surface area contributed by atoms with Crippen LogP contribution in [-0.2, 0) is 14.3 Å². The van der Waals surface area contributed by atoms with Gasteiger partial charge < -0.3 is 15.2 Å². The predicted octanol–water partition coefficient (Wildman–Crippen LogP) is -0.326. The normalized spacial score (nSPS) is 11.6. The van der Waals surface area contributed by atoms with Crippen molar-refractivity contribution in [3.63, 3.8) is 0 Å². The van der Waals surface area contributed by atoms with Gasteiger partial charge in [0.15, 0.2) is 0 Å². The molecule has 1 heterocycles. The van der Waals surface area contributed by atoms with Crippen molar-refractivity contribution in [2.24, 2.45) is 0 Å². The molecule has 0 saturated carbocycles. The SMILES string of the molecule is COC(=O)CC[C@@H](NC(=O)c1cnns1)C(=O)O. The minimum atomic E-state index is -1.22. The summed E-state index contributed by atoms with van der Waals surface area (Å²) in [5.41, 5.74) is 0. The molecule has 98 valence electrons. The second-order valence-corrected chi connectivity index (χ2v) is 4.05. The molecule has 1 aromatic rings. The van der Waals surface area contributed by atoms with Crippen molar-refractivity contribution in [2.45, 2.75) is 18.9 Å². The van der Waals surface area contributed by atoms with Crippen molar-refractivity contribution in [3.8, 4) is 0 Å². The molecule has 1 rings (SSSR count). The Morgan fingerprint density at radius 2 is 2.28 bits per heavy atom. The summed E-state index contributed by atoms with van der Waals surface area (Å²) in [5, 5.41) is 14.7. The number of esters is 1. The van der Waals surface area contributed by atoms with Gasteiger partial charge in [0, 0.05) is 6.42 Å². The predicted molar refractivity (Wildman–Crippen MR) is 60.0 cm³/mol. The number of nitrogens with zero attached hydrogens (tertiary/aromatic N) is 2. The highest BCUT2D eigenvalue weighted by Crippen LogP contribution is 2.05. The lowest BCUT2D eigenvalue weighted by Crippen LogP contribution is -2.40. The van der Waals surface area contributed by atoms with Gasteiger partial charge in [-0.25, -0.2) is 4.79 Å². The van der Waals surface area contributed by atoms with Crippen LogP contribution in [0.2, 0.25) is 0 Å². The van der Waals surface area contributed by atoms with E-state index in [4.69, 9.17) is 5.11 Å². The molecule has 0 bridgehead atoms. The third kappa shape index (κ3) is 4.09. The van der Waals surface area contributed by atoms with E-state index in [2.05, 4.69) is 19.6 Å². The Morgan fingerprint density at radius 3 is 2.78 bits per heavy atom. The maximum Gasteiger partial charge on any atom is 0.326 e. The van der Waals surface area contributed by atoms with Crippen LogP contribution in [0.5, 0.6) is 0 Å². The minimum Gasteiger partial charge on any atom is -0.480 e. The largest absolute Gasteiger partial charge is 0.480 e. The van der Waals surface area contributed by atoms with E-state index in [0.29, 0.717) is 0 Å².